The largest absolute Gasteiger partial charge is 1.00 e. The second-order valence-corrected chi connectivity index (χ2v) is 3.09. The van der Waals surface area contributed by atoms with Gasteiger partial charge in [0.05, 0.1) is 0 Å². The van der Waals surface area contributed by atoms with Crippen molar-refractivity contribution < 1.29 is 12.4 Å². The van der Waals surface area contributed by atoms with E-state index in [1.807, 2.05) is 0 Å². The van der Waals surface area contributed by atoms with Gasteiger partial charge in [0.15, 0.2) is 0 Å². The molecule has 74 valence electrons. The molecule has 0 amide bonds. The molecule has 0 aromatic heterocycles. The zero-order chi connectivity index (χ0) is 8.81. The van der Waals surface area contributed by atoms with Crippen molar-refractivity contribution in [1.29, 1.82) is 0 Å². The quantitative estimate of drug-likeness (QED) is 0.704. The molecule has 1 atom stereocenters. The van der Waals surface area contributed by atoms with Crippen LogP contribution in [0.25, 0.3) is 0 Å². The highest BCUT2D eigenvalue weighted by atomic mass is 35.5. The Labute approximate surface area is 87.0 Å². The smallest absolute Gasteiger partial charge is 0.0291 e. The fourth-order valence-corrected chi connectivity index (χ4v) is 1.22. The Morgan fingerprint density at radius 2 is 1.85 bits per heavy atom. The van der Waals surface area contributed by atoms with Crippen molar-refractivity contribution in [2.24, 2.45) is 0 Å². The highest BCUT2D eigenvalue weighted by Gasteiger charge is 2.00. The molecule has 0 bridgehead atoms. The number of rotatable bonds is 4. The lowest BCUT2D eigenvalue weighted by molar-refractivity contribution is -0.00000266. The van der Waals surface area contributed by atoms with Crippen LogP contribution in [0.15, 0.2) is 30.3 Å². The molecule has 0 spiro atoms. The minimum Gasteiger partial charge on any atom is -1.00 e. The number of nitrogens with one attached hydrogen (secondary N) is 1. The lowest BCUT2D eigenvalue weighted by Gasteiger charge is -2.12. The molecule has 0 aliphatic heterocycles. The van der Waals surface area contributed by atoms with E-state index in [-0.39, 0.29) is 12.4 Å². The van der Waals surface area contributed by atoms with Gasteiger partial charge < -0.3 is 17.7 Å². The summed E-state index contributed by atoms with van der Waals surface area (Å²) in [4.78, 5) is 0. The van der Waals surface area contributed by atoms with Gasteiger partial charge in [0.1, 0.15) is 0 Å². The van der Waals surface area contributed by atoms with Crippen molar-refractivity contribution in [3.05, 3.63) is 35.9 Å². The van der Waals surface area contributed by atoms with Gasteiger partial charge >= 0.3 is 0 Å². The average Bonchev–Trinajstić information content (AvgIpc) is 2.15. The summed E-state index contributed by atoms with van der Waals surface area (Å²) in [7, 11) is 0. The third-order valence-electron chi connectivity index (χ3n) is 2.00. The maximum absolute atomic E-state index is 3.45. The van der Waals surface area contributed by atoms with Crippen LogP contribution >= 0.6 is 0 Å². The number of hydrogen-bond acceptors (Lipinski definition) is 1. The number of halogens is 1. The molecule has 2 heteroatoms. The van der Waals surface area contributed by atoms with Gasteiger partial charge in [0.25, 0.3) is 0 Å². The van der Waals surface area contributed by atoms with Gasteiger partial charge in [-0.05, 0) is 25.5 Å². The van der Waals surface area contributed by atoms with E-state index in [0.717, 1.165) is 6.54 Å². The van der Waals surface area contributed by atoms with E-state index < -0.39 is 0 Å². The molecular weight excluding hydrogens is 182 g/mol. The standard InChI is InChI=1S/C11H17N.ClH/c1-3-9-12-10(2)11-7-5-4-6-8-11;/h4-8,10,12H,3,9H2,1-2H3;1H/p-1. The van der Waals surface area contributed by atoms with Gasteiger partial charge in [-0.15, -0.1) is 0 Å². The Balaban J connectivity index is 0.00000144. The first-order valence-electron chi connectivity index (χ1n) is 4.63. The minimum atomic E-state index is 0. The van der Waals surface area contributed by atoms with E-state index in [4.69, 9.17) is 0 Å². The van der Waals surface area contributed by atoms with Crippen molar-refractivity contribution in [3.8, 4) is 0 Å². The van der Waals surface area contributed by atoms with E-state index in [1.165, 1.54) is 12.0 Å². The maximum Gasteiger partial charge on any atom is 0.0291 e. The van der Waals surface area contributed by atoms with Gasteiger partial charge in [-0.2, -0.15) is 0 Å². The summed E-state index contributed by atoms with van der Waals surface area (Å²) in [5.74, 6) is 0. The van der Waals surface area contributed by atoms with Gasteiger partial charge in [0.2, 0.25) is 0 Å². The van der Waals surface area contributed by atoms with Crippen LogP contribution < -0.4 is 17.7 Å². The van der Waals surface area contributed by atoms with E-state index >= 15 is 0 Å². The average molecular weight is 199 g/mol. The monoisotopic (exact) mass is 198 g/mol. The highest BCUT2D eigenvalue weighted by Crippen LogP contribution is 2.10. The first kappa shape index (κ1) is 12.5. The van der Waals surface area contributed by atoms with E-state index in [0.29, 0.717) is 6.04 Å². The first-order valence-corrected chi connectivity index (χ1v) is 4.63. The molecule has 1 aromatic rings. The van der Waals surface area contributed by atoms with Crippen molar-refractivity contribution in [3.63, 3.8) is 0 Å². The zero-order valence-electron chi connectivity index (χ0n) is 8.26. The molecule has 1 N–H and O–H groups in total. The maximum atomic E-state index is 3.45. The van der Waals surface area contributed by atoms with Crippen molar-refractivity contribution in [2.45, 2.75) is 26.3 Å². The van der Waals surface area contributed by atoms with Gasteiger partial charge in [-0.25, -0.2) is 0 Å². The molecule has 0 saturated heterocycles. The second-order valence-electron chi connectivity index (χ2n) is 3.09. The molecule has 0 saturated carbocycles. The van der Waals surface area contributed by atoms with Crippen LogP contribution in [0.4, 0.5) is 0 Å². The predicted molar refractivity (Wildman–Crippen MR) is 53.2 cm³/mol. The van der Waals surface area contributed by atoms with Gasteiger partial charge in [-0.1, -0.05) is 37.3 Å². The molecule has 1 rings (SSSR count). The Kier molecular flexibility index (Phi) is 6.65. The molecule has 0 aliphatic rings. The van der Waals surface area contributed by atoms with Crippen LogP contribution in [-0.2, 0) is 0 Å². The van der Waals surface area contributed by atoms with E-state index in [9.17, 15) is 0 Å². The Hall–Kier alpha value is -0.530. The normalized spacial score (nSPS) is 11.8. The van der Waals surface area contributed by atoms with Crippen molar-refractivity contribution >= 4 is 0 Å². The molecule has 0 heterocycles. The SMILES string of the molecule is CCCNC(C)c1ccccc1.[Cl-]. The Morgan fingerprint density at radius 1 is 1.23 bits per heavy atom. The van der Waals surface area contributed by atoms with Crippen LogP contribution in [0.3, 0.4) is 0 Å². The predicted octanol–water partition coefficient (Wildman–Crippen LogP) is -0.249. The summed E-state index contributed by atoms with van der Waals surface area (Å²) in [6.45, 7) is 5.48. The van der Waals surface area contributed by atoms with Crippen molar-refractivity contribution in [1.82, 2.24) is 5.32 Å². The Bertz CT molecular complexity index is 211. The summed E-state index contributed by atoms with van der Waals surface area (Å²) in [5, 5.41) is 3.45. The van der Waals surface area contributed by atoms with Crippen molar-refractivity contribution in [2.75, 3.05) is 6.54 Å². The summed E-state index contributed by atoms with van der Waals surface area (Å²) >= 11 is 0. The lowest BCUT2D eigenvalue weighted by atomic mass is 10.1. The third kappa shape index (κ3) is 4.30. The van der Waals surface area contributed by atoms with E-state index in [1.54, 1.807) is 0 Å². The topological polar surface area (TPSA) is 12.0 Å². The lowest BCUT2D eigenvalue weighted by Crippen LogP contribution is -3.00. The van der Waals surface area contributed by atoms with Crippen LogP contribution in [0.2, 0.25) is 0 Å². The molecule has 1 nitrogen and oxygen atoms in total. The fraction of sp³-hybridized carbons (Fsp3) is 0.455. The first-order chi connectivity index (χ1) is 5.84. The zero-order valence-corrected chi connectivity index (χ0v) is 9.01. The number of hydrogen-bond donors (Lipinski definition) is 1. The highest BCUT2D eigenvalue weighted by molar-refractivity contribution is 5.17. The molecular formula is C11H17ClN-. The van der Waals surface area contributed by atoms with Gasteiger partial charge in [-0.3, -0.25) is 0 Å². The summed E-state index contributed by atoms with van der Waals surface area (Å²) in [6.07, 6.45) is 1.19. The molecule has 1 aromatic carbocycles. The molecule has 0 fully saturated rings. The van der Waals surface area contributed by atoms with Crippen LogP contribution in [0.1, 0.15) is 31.9 Å². The van der Waals surface area contributed by atoms with Crippen LogP contribution in [0.5, 0.6) is 0 Å². The summed E-state index contributed by atoms with van der Waals surface area (Å²) in [5.41, 5.74) is 1.37. The molecule has 0 radical (unpaired) electrons. The fourth-order valence-electron chi connectivity index (χ4n) is 1.22. The second kappa shape index (κ2) is 6.93. The third-order valence-corrected chi connectivity index (χ3v) is 2.00. The van der Waals surface area contributed by atoms with Crippen LogP contribution in [0, 0.1) is 0 Å². The molecule has 1 unspecified atom stereocenters. The minimum absolute atomic E-state index is 0. The summed E-state index contributed by atoms with van der Waals surface area (Å²) < 4.78 is 0. The van der Waals surface area contributed by atoms with Crippen LogP contribution in [-0.4, -0.2) is 6.54 Å². The molecule has 13 heavy (non-hydrogen) atoms. The summed E-state index contributed by atoms with van der Waals surface area (Å²) in [6, 6.07) is 11.0. The Morgan fingerprint density at radius 3 is 2.38 bits per heavy atom. The van der Waals surface area contributed by atoms with Gasteiger partial charge in [0, 0.05) is 6.04 Å². The number of benzene rings is 1. The molecule has 0 aliphatic carbocycles. The van der Waals surface area contributed by atoms with E-state index in [2.05, 4.69) is 49.5 Å².